The fourth-order valence-corrected chi connectivity index (χ4v) is 4.60. The number of H-pyrrole nitrogens is 1. The number of aromatic amines is 1. The van der Waals surface area contributed by atoms with Gasteiger partial charge in [-0.25, -0.2) is 0 Å². The lowest BCUT2D eigenvalue weighted by Gasteiger charge is -2.33. The summed E-state index contributed by atoms with van der Waals surface area (Å²) in [5.74, 6) is -0.241. The van der Waals surface area contributed by atoms with Crippen molar-refractivity contribution in [1.82, 2.24) is 24.9 Å². The Labute approximate surface area is 211 Å². The summed E-state index contributed by atoms with van der Waals surface area (Å²) >= 11 is 6.18. The van der Waals surface area contributed by atoms with E-state index in [1.54, 1.807) is 10.9 Å². The van der Waals surface area contributed by atoms with E-state index in [4.69, 9.17) is 32.9 Å². The number of piperidine rings is 1. The molecule has 0 spiro atoms. The van der Waals surface area contributed by atoms with Crippen LogP contribution in [0.2, 0.25) is 5.02 Å². The lowest BCUT2D eigenvalue weighted by Crippen LogP contribution is -2.37. The zero-order valence-electron chi connectivity index (χ0n) is 20.0. The van der Waals surface area contributed by atoms with Gasteiger partial charge in [-0.1, -0.05) is 25.4 Å². The molecular formula is C23H29ClF2N8O2. The molecule has 10 nitrogen and oxygen atoms in total. The van der Waals surface area contributed by atoms with Crippen LogP contribution in [0, 0.1) is 5.92 Å². The topological polar surface area (TPSA) is 140 Å². The number of amides is 1. The molecular weight excluding hydrogens is 494 g/mol. The van der Waals surface area contributed by atoms with E-state index in [2.05, 4.69) is 34.3 Å². The van der Waals surface area contributed by atoms with Crippen LogP contribution in [-0.4, -0.2) is 57.0 Å². The summed E-state index contributed by atoms with van der Waals surface area (Å²) in [6, 6.07) is 4.30. The Morgan fingerprint density at radius 1 is 1.31 bits per heavy atom. The van der Waals surface area contributed by atoms with E-state index in [9.17, 15) is 13.6 Å². The fourth-order valence-electron chi connectivity index (χ4n) is 4.43. The van der Waals surface area contributed by atoms with Crippen molar-refractivity contribution in [1.29, 1.82) is 0 Å². The molecule has 3 heterocycles. The minimum atomic E-state index is -3.05. The van der Waals surface area contributed by atoms with Gasteiger partial charge < -0.3 is 26.4 Å². The molecule has 194 valence electrons. The van der Waals surface area contributed by atoms with E-state index in [1.807, 2.05) is 0 Å². The van der Waals surface area contributed by atoms with Gasteiger partial charge in [-0.05, 0) is 37.0 Å². The first kappa shape index (κ1) is 25.7. The second-order valence-corrected chi connectivity index (χ2v) is 9.60. The average molecular weight is 523 g/mol. The van der Waals surface area contributed by atoms with E-state index < -0.39 is 12.5 Å². The molecule has 1 aliphatic rings. The highest BCUT2D eigenvalue weighted by Gasteiger charge is 2.27. The first-order valence-corrected chi connectivity index (χ1v) is 12.0. The van der Waals surface area contributed by atoms with Gasteiger partial charge in [-0.15, -0.1) is 0 Å². The smallest absolute Gasteiger partial charge is 0.387 e. The number of hydrogen-bond donors (Lipinski definition) is 4. The maximum Gasteiger partial charge on any atom is 0.387 e. The highest BCUT2D eigenvalue weighted by molar-refractivity contribution is 6.31. The van der Waals surface area contributed by atoms with Crippen molar-refractivity contribution >= 4 is 34.8 Å². The summed E-state index contributed by atoms with van der Waals surface area (Å²) in [5.41, 5.74) is 12.3. The molecule has 0 unspecified atom stereocenters. The molecule has 0 saturated carbocycles. The molecule has 3 aromatic rings. The minimum Gasteiger partial charge on any atom is -0.434 e. The van der Waals surface area contributed by atoms with Crippen molar-refractivity contribution in [3.05, 3.63) is 35.0 Å². The number of ether oxygens (including phenoxy) is 1. The second-order valence-electron chi connectivity index (χ2n) is 9.17. The molecule has 0 radical (unpaired) electrons. The van der Waals surface area contributed by atoms with E-state index in [0.29, 0.717) is 10.9 Å². The Kier molecular flexibility index (Phi) is 7.65. The minimum absolute atomic E-state index is 0.000875. The molecule has 1 saturated heterocycles. The highest BCUT2D eigenvalue weighted by atomic mass is 35.5. The Balaban J connectivity index is 1.70. The Morgan fingerprint density at radius 3 is 2.64 bits per heavy atom. The van der Waals surface area contributed by atoms with Crippen LogP contribution in [0.5, 0.6) is 5.75 Å². The number of aromatic nitrogens is 4. The molecule has 0 bridgehead atoms. The number of hydrogen-bond acceptors (Lipinski definition) is 7. The third-order valence-electron chi connectivity index (χ3n) is 6.00. The van der Waals surface area contributed by atoms with Crippen LogP contribution < -0.4 is 21.5 Å². The zero-order chi connectivity index (χ0) is 26.0. The molecule has 0 atom stereocenters. The number of carbonyl (C=O) groups excluding carboxylic acids is 1. The molecule has 0 aliphatic carbocycles. The summed E-state index contributed by atoms with van der Waals surface area (Å²) in [7, 11) is 0. The molecule has 4 rings (SSSR count). The number of likely N-dealkylation sites (tertiary alicyclic amines) is 1. The Hall–Kier alpha value is -3.38. The maximum atomic E-state index is 13.1. The SMILES string of the molecule is CC(C)CN1CCC(n2cc(NC(=O)c3c(N)n[nH]c3N)c(-c3cc(Cl)ccc3OC(F)F)n2)CC1. The Morgan fingerprint density at radius 2 is 2.03 bits per heavy atom. The second kappa shape index (κ2) is 10.7. The lowest BCUT2D eigenvalue weighted by atomic mass is 10.0. The quantitative estimate of drug-likeness (QED) is 0.347. The third-order valence-corrected chi connectivity index (χ3v) is 6.23. The number of alkyl halides is 2. The van der Waals surface area contributed by atoms with Crippen LogP contribution in [0.1, 0.15) is 43.1 Å². The van der Waals surface area contributed by atoms with E-state index in [-0.39, 0.29) is 45.9 Å². The molecule has 1 amide bonds. The van der Waals surface area contributed by atoms with Crippen molar-refractivity contribution in [2.75, 3.05) is 36.4 Å². The van der Waals surface area contributed by atoms with Gasteiger partial charge in [-0.3, -0.25) is 14.6 Å². The van der Waals surface area contributed by atoms with Crippen molar-refractivity contribution in [2.45, 2.75) is 39.3 Å². The number of nitrogens with one attached hydrogen (secondary N) is 2. The first-order valence-electron chi connectivity index (χ1n) is 11.6. The van der Waals surface area contributed by atoms with E-state index in [1.165, 1.54) is 18.2 Å². The summed E-state index contributed by atoms with van der Waals surface area (Å²) in [4.78, 5) is 15.4. The standard InChI is InChI=1S/C23H29ClF2N8O2/c1-12(2)10-33-7-5-14(6-8-33)34-11-16(29-22(35)18-20(27)30-31-21(18)28)19(32-34)15-9-13(24)3-4-17(15)36-23(25)26/h3-4,9,11-12,14,23H,5-8,10H2,1-2H3,(H,29,35)(H5,27,28,30,31). The van der Waals surface area contributed by atoms with Crippen LogP contribution in [0.25, 0.3) is 11.3 Å². The third kappa shape index (κ3) is 5.71. The molecule has 36 heavy (non-hydrogen) atoms. The molecule has 1 aliphatic heterocycles. The van der Waals surface area contributed by atoms with Crippen molar-refractivity contribution in [2.24, 2.45) is 5.92 Å². The molecule has 13 heteroatoms. The van der Waals surface area contributed by atoms with Gasteiger partial charge in [0.1, 0.15) is 22.8 Å². The van der Waals surface area contributed by atoms with Crippen molar-refractivity contribution < 1.29 is 18.3 Å². The number of anilines is 3. The van der Waals surface area contributed by atoms with Gasteiger partial charge in [0, 0.05) is 36.4 Å². The zero-order valence-corrected chi connectivity index (χ0v) is 20.7. The van der Waals surface area contributed by atoms with Gasteiger partial charge >= 0.3 is 6.61 Å². The largest absolute Gasteiger partial charge is 0.434 e. The van der Waals surface area contributed by atoms with Crippen LogP contribution in [0.4, 0.5) is 26.1 Å². The van der Waals surface area contributed by atoms with Gasteiger partial charge in [0.15, 0.2) is 5.82 Å². The predicted molar refractivity (Wildman–Crippen MR) is 134 cm³/mol. The first-order chi connectivity index (χ1) is 17.1. The van der Waals surface area contributed by atoms with Gasteiger partial charge in [-0.2, -0.15) is 19.0 Å². The van der Waals surface area contributed by atoms with Gasteiger partial charge in [0.05, 0.1) is 11.7 Å². The lowest BCUT2D eigenvalue weighted by molar-refractivity contribution is -0.0494. The maximum absolute atomic E-state index is 13.1. The number of benzene rings is 1. The Bertz CT molecular complexity index is 1200. The fraction of sp³-hybridized carbons (Fsp3) is 0.435. The van der Waals surface area contributed by atoms with Crippen molar-refractivity contribution in [3.8, 4) is 17.0 Å². The van der Waals surface area contributed by atoms with Crippen LogP contribution >= 0.6 is 11.6 Å². The van der Waals surface area contributed by atoms with Crippen LogP contribution in [0.3, 0.4) is 0 Å². The molecule has 1 fully saturated rings. The average Bonchev–Trinajstić information content (AvgIpc) is 3.37. The van der Waals surface area contributed by atoms with E-state index >= 15 is 0 Å². The number of nitrogen functional groups attached to an aromatic ring is 2. The summed E-state index contributed by atoms with van der Waals surface area (Å²) in [6.07, 6.45) is 3.37. The predicted octanol–water partition coefficient (Wildman–Crippen LogP) is 4.24. The van der Waals surface area contributed by atoms with Crippen molar-refractivity contribution in [3.63, 3.8) is 0 Å². The highest BCUT2D eigenvalue weighted by Crippen LogP contribution is 2.38. The number of carbonyl (C=O) groups is 1. The van der Waals surface area contributed by atoms with Crippen LogP contribution in [-0.2, 0) is 0 Å². The molecule has 1 aromatic carbocycles. The molecule has 6 N–H and O–H groups in total. The number of nitrogens with zero attached hydrogens (tertiary/aromatic N) is 4. The number of nitrogens with two attached hydrogens (primary N) is 2. The molecule has 2 aromatic heterocycles. The summed E-state index contributed by atoms with van der Waals surface area (Å²) < 4.78 is 32.7. The monoisotopic (exact) mass is 522 g/mol. The van der Waals surface area contributed by atoms with Gasteiger partial charge in [0.2, 0.25) is 0 Å². The van der Waals surface area contributed by atoms with Crippen LogP contribution in [0.15, 0.2) is 24.4 Å². The summed E-state index contributed by atoms with van der Waals surface area (Å²) in [6.45, 7) is 4.13. The number of rotatable bonds is 8. The van der Waals surface area contributed by atoms with Gasteiger partial charge in [0.25, 0.3) is 5.91 Å². The summed E-state index contributed by atoms with van der Waals surface area (Å²) in [5, 5.41) is 13.9. The number of halogens is 3. The van der Waals surface area contributed by atoms with E-state index in [0.717, 1.165) is 32.5 Å². The normalized spacial score (nSPS) is 15.1.